The number of hydrogen-bond donors (Lipinski definition) is 2. The van der Waals surface area contributed by atoms with Gasteiger partial charge in [-0.2, -0.15) is 0 Å². The third kappa shape index (κ3) is 3.34. The average Bonchev–Trinajstić information content (AvgIpc) is 2.92. The summed E-state index contributed by atoms with van der Waals surface area (Å²) in [5.41, 5.74) is 6.42. The van der Waals surface area contributed by atoms with E-state index in [1.165, 1.54) is 11.1 Å². The van der Waals surface area contributed by atoms with E-state index in [-0.39, 0.29) is 5.78 Å². The molecule has 2 aromatic carbocycles. The van der Waals surface area contributed by atoms with Crippen LogP contribution in [0.15, 0.2) is 60.3 Å². The number of nitrogens with one attached hydrogen (secondary N) is 2. The molecule has 0 fully saturated rings. The number of carbonyl (C=O) groups is 1. The van der Waals surface area contributed by atoms with E-state index in [4.69, 9.17) is 0 Å². The predicted molar refractivity (Wildman–Crippen MR) is 96.5 cm³/mol. The monoisotopic (exact) mass is 304 g/mol. The van der Waals surface area contributed by atoms with Crippen LogP contribution in [0.2, 0.25) is 0 Å². The first-order valence-corrected chi connectivity index (χ1v) is 7.67. The molecule has 3 nitrogen and oxygen atoms in total. The van der Waals surface area contributed by atoms with Crippen molar-refractivity contribution in [2.24, 2.45) is 0 Å². The minimum absolute atomic E-state index is 0.0424. The topological polar surface area (TPSA) is 44.9 Å². The quantitative estimate of drug-likeness (QED) is 0.663. The van der Waals surface area contributed by atoms with Crippen LogP contribution in [0.5, 0.6) is 0 Å². The van der Waals surface area contributed by atoms with Gasteiger partial charge in [-0.25, -0.2) is 0 Å². The summed E-state index contributed by atoms with van der Waals surface area (Å²) in [6.07, 6.45) is 1.60. The van der Waals surface area contributed by atoms with Crippen molar-refractivity contribution < 1.29 is 4.79 Å². The Bertz CT molecular complexity index is 889. The average molecular weight is 304 g/mol. The number of anilines is 1. The van der Waals surface area contributed by atoms with E-state index in [2.05, 4.69) is 47.6 Å². The summed E-state index contributed by atoms with van der Waals surface area (Å²) in [5.74, 6) is 0.0424. The van der Waals surface area contributed by atoms with Crippen LogP contribution in [0.1, 0.15) is 19.4 Å². The Labute approximate surface area is 136 Å². The Morgan fingerprint density at radius 1 is 1.09 bits per heavy atom. The van der Waals surface area contributed by atoms with Gasteiger partial charge in [-0.3, -0.25) is 4.79 Å². The van der Waals surface area contributed by atoms with Crippen molar-refractivity contribution >= 4 is 22.4 Å². The van der Waals surface area contributed by atoms with Crippen LogP contribution in [-0.4, -0.2) is 10.8 Å². The normalized spacial score (nSPS) is 11.7. The third-order valence-electron chi connectivity index (χ3n) is 3.77. The number of aryl methyl sites for hydroxylation is 1. The Morgan fingerprint density at radius 2 is 1.83 bits per heavy atom. The molecular formula is C20H20N2O. The van der Waals surface area contributed by atoms with E-state index in [0.717, 1.165) is 28.0 Å². The molecule has 0 radical (unpaired) electrons. The Morgan fingerprint density at radius 3 is 2.52 bits per heavy atom. The van der Waals surface area contributed by atoms with Crippen LogP contribution in [-0.2, 0) is 4.79 Å². The molecule has 3 heteroatoms. The lowest BCUT2D eigenvalue weighted by molar-refractivity contribution is -0.112. The van der Waals surface area contributed by atoms with Gasteiger partial charge in [0.1, 0.15) is 0 Å². The number of fused-ring (bicyclic) bond motifs is 1. The number of H-pyrrole nitrogens is 1. The van der Waals surface area contributed by atoms with E-state index in [1.54, 1.807) is 13.0 Å². The summed E-state index contributed by atoms with van der Waals surface area (Å²) in [6, 6.07) is 16.6. The van der Waals surface area contributed by atoms with Crippen molar-refractivity contribution in [3.8, 4) is 11.3 Å². The third-order valence-corrected chi connectivity index (χ3v) is 3.77. The Kier molecular flexibility index (Phi) is 4.02. The molecule has 1 heterocycles. The Hall–Kier alpha value is -2.81. The largest absolute Gasteiger partial charge is 0.359 e. The first-order chi connectivity index (χ1) is 11.0. The molecule has 3 rings (SSSR count). The van der Waals surface area contributed by atoms with Crippen molar-refractivity contribution in [3.05, 3.63) is 65.9 Å². The molecule has 2 N–H and O–H groups in total. The van der Waals surface area contributed by atoms with Crippen molar-refractivity contribution in [1.82, 2.24) is 4.98 Å². The van der Waals surface area contributed by atoms with Crippen molar-refractivity contribution in [1.29, 1.82) is 0 Å². The van der Waals surface area contributed by atoms with Crippen molar-refractivity contribution in [2.75, 3.05) is 5.32 Å². The van der Waals surface area contributed by atoms with Gasteiger partial charge in [0.15, 0.2) is 5.78 Å². The zero-order valence-electron chi connectivity index (χ0n) is 13.6. The first-order valence-electron chi connectivity index (χ1n) is 7.67. The lowest BCUT2D eigenvalue weighted by atomic mass is 10.1. The van der Waals surface area contributed by atoms with Gasteiger partial charge >= 0.3 is 0 Å². The minimum Gasteiger partial charge on any atom is -0.359 e. The zero-order valence-corrected chi connectivity index (χ0v) is 13.6. The molecule has 0 bridgehead atoms. The minimum atomic E-state index is 0.0424. The fourth-order valence-corrected chi connectivity index (χ4v) is 2.84. The molecule has 116 valence electrons. The van der Waals surface area contributed by atoms with Gasteiger partial charge in [0.2, 0.25) is 0 Å². The van der Waals surface area contributed by atoms with Crippen LogP contribution in [0.3, 0.4) is 0 Å². The molecule has 0 saturated carbocycles. The summed E-state index contributed by atoms with van der Waals surface area (Å²) >= 11 is 0. The van der Waals surface area contributed by atoms with Gasteiger partial charge in [-0.1, -0.05) is 30.3 Å². The first kappa shape index (κ1) is 15.1. The summed E-state index contributed by atoms with van der Waals surface area (Å²) < 4.78 is 0. The maximum atomic E-state index is 11.2. The number of rotatable bonds is 4. The number of carbonyl (C=O) groups excluding carboxylic acids is 1. The van der Waals surface area contributed by atoms with Crippen LogP contribution >= 0.6 is 0 Å². The molecule has 23 heavy (non-hydrogen) atoms. The van der Waals surface area contributed by atoms with Gasteiger partial charge in [0, 0.05) is 28.0 Å². The van der Waals surface area contributed by atoms with Crippen molar-refractivity contribution in [2.45, 2.75) is 20.8 Å². The van der Waals surface area contributed by atoms with Gasteiger partial charge in [-0.05, 0) is 56.2 Å². The summed E-state index contributed by atoms with van der Waals surface area (Å²) in [5, 5.41) is 4.44. The molecule has 1 aromatic heterocycles. The molecule has 0 aliphatic rings. The number of allylic oxidation sites excluding steroid dienone is 2. The predicted octanol–water partition coefficient (Wildman–Crippen LogP) is 5.05. The van der Waals surface area contributed by atoms with Crippen LogP contribution < -0.4 is 5.32 Å². The number of aromatic amines is 1. The second-order valence-corrected chi connectivity index (χ2v) is 5.87. The van der Waals surface area contributed by atoms with E-state index in [1.807, 2.05) is 25.1 Å². The zero-order chi connectivity index (χ0) is 16.4. The van der Waals surface area contributed by atoms with Crippen LogP contribution in [0.4, 0.5) is 5.69 Å². The highest BCUT2D eigenvalue weighted by Gasteiger charge is 2.07. The maximum absolute atomic E-state index is 11.2. The molecule has 0 unspecified atom stereocenters. The van der Waals surface area contributed by atoms with Crippen molar-refractivity contribution in [3.63, 3.8) is 0 Å². The highest BCUT2D eigenvalue weighted by Crippen LogP contribution is 2.29. The van der Waals surface area contributed by atoms with Gasteiger partial charge < -0.3 is 10.3 Å². The molecule has 0 saturated heterocycles. The fraction of sp³-hybridized carbons (Fsp3) is 0.150. The molecule has 0 spiro atoms. The second kappa shape index (κ2) is 6.13. The lowest BCUT2D eigenvalue weighted by Gasteiger charge is -2.08. The molecule has 0 atom stereocenters. The highest BCUT2D eigenvalue weighted by atomic mass is 16.1. The SMILES string of the molecule is CC(=O)C=C(C)Nc1cc(C)c2[nH]c(-c3ccccc3)cc2c1. The second-order valence-electron chi connectivity index (χ2n) is 5.87. The standard InChI is InChI=1S/C20H20N2O/c1-13-9-18(21-14(2)10-15(3)23)11-17-12-19(22-20(13)17)16-7-5-4-6-8-16/h4-12,21-22H,1-3H3. The van der Waals surface area contributed by atoms with E-state index in [0.29, 0.717) is 0 Å². The maximum Gasteiger partial charge on any atom is 0.154 e. The van der Waals surface area contributed by atoms with Crippen LogP contribution in [0, 0.1) is 6.92 Å². The number of hydrogen-bond acceptors (Lipinski definition) is 2. The fourth-order valence-electron chi connectivity index (χ4n) is 2.84. The van der Waals surface area contributed by atoms with Gasteiger partial charge in [-0.15, -0.1) is 0 Å². The van der Waals surface area contributed by atoms with E-state index in [9.17, 15) is 4.79 Å². The Balaban J connectivity index is 2.00. The van der Waals surface area contributed by atoms with Gasteiger partial charge in [0.05, 0.1) is 0 Å². The molecule has 0 aliphatic carbocycles. The van der Waals surface area contributed by atoms with E-state index < -0.39 is 0 Å². The number of benzene rings is 2. The molecule has 0 aliphatic heterocycles. The number of ketones is 1. The summed E-state index contributed by atoms with van der Waals surface area (Å²) in [6.45, 7) is 5.54. The van der Waals surface area contributed by atoms with Gasteiger partial charge in [0.25, 0.3) is 0 Å². The molecular weight excluding hydrogens is 284 g/mol. The summed E-state index contributed by atoms with van der Waals surface area (Å²) in [4.78, 5) is 14.7. The smallest absolute Gasteiger partial charge is 0.154 e. The number of aromatic nitrogens is 1. The van der Waals surface area contributed by atoms with Crippen LogP contribution in [0.25, 0.3) is 22.2 Å². The highest BCUT2D eigenvalue weighted by molar-refractivity contribution is 5.92. The lowest BCUT2D eigenvalue weighted by Crippen LogP contribution is -1.98. The molecule has 3 aromatic rings. The summed E-state index contributed by atoms with van der Waals surface area (Å²) in [7, 11) is 0. The van der Waals surface area contributed by atoms with E-state index >= 15 is 0 Å². The molecule has 0 amide bonds.